The maximum atomic E-state index is 10.2. The highest BCUT2D eigenvalue weighted by molar-refractivity contribution is 7.09. The molecule has 1 saturated heterocycles. The van der Waals surface area contributed by atoms with Gasteiger partial charge in [0.25, 0.3) is 5.09 Å². The second-order valence-electron chi connectivity index (χ2n) is 4.38. The van der Waals surface area contributed by atoms with Crippen LogP contribution in [0.25, 0.3) is 0 Å². The van der Waals surface area contributed by atoms with Crippen molar-refractivity contribution in [2.45, 2.75) is 38.7 Å². The zero-order chi connectivity index (χ0) is 13.0. The molecule has 0 aliphatic carbocycles. The summed E-state index contributed by atoms with van der Waals surface area (Å²) in [6.45, 7) is 3.69. The van der Waals surface area contributed by atoms with Gasteiger partial charge in [-0.15, -0.1) is 10.1 Å². The molecule has 2 heterocycles. The molecule has 1 atom stereocenters. The maximum Gasteiger partial charge on any atom is 0.294 e. The minimum Gasteiger partial charge on any atom is -0.347 e. The number of rotatable bonds is 5. The number of anilines is 1. The molecule has 0 amide bonds. The van der Waals surface area contributed by atoms with Gasteiger partial charge in [0.2, 0.25) is 5.13 Å². The third-order valence-electron chi connectivity index (χ3n) is 2.82. The van der Waals surface area contributed by atoms with Crippen LogP contribution in [0.1, 0.15) is 32.0 Å². The van der Waals surface area contributed by atoms with Gasteiger partial charge in [0, 0.05) is 31.0 Å². The van der Waals surface area contributed by atoms with Crippen molar-refractivity contribution in [1.29, 1.82) is 0 Å². The molecule has 7 nitrogen and oxygen atoms in total. The molecule has 1 fully saturated rings. The van der Waals surface area contributed by atoms with Crippen molar-refractivity contribution >= 4 is 16.7 Å². The van der Waals surface area contributed by atoms with E-state index in [4.69, 9.17) is 0 Å². The Bertz CT molecular complexity index is 406. The van der Waals surface area contributed by atoms with Gasteiger partial charge in [-0.1, -0.05) is 0 Å². The monoisotopic (exact) mass is 272 g/mol. The molecule has 100 valence electrons. The van der Waals surface area contributed by atoms with Crippen molar-refractivity contribution in [3.63, 3.8) is 0 Å². The second-order valence-corrected chi connectivity index (χ2v) is 5.11. The number of nitrogens with zero attached hydrogens (tertiary/aromatic N) is 4. The van der Waals surface area contributed by atoms with Crippen molar-refractivity contribution in [3.05, 3.63) is 15.9 Å². The smallest absolute Gasteiger partial charge is 0.294 e. The first-order valence-corrected chi connectivity index (χ1v) is 6.81. The van der Waals surface area contributed by atoms with Crippen LogP contribution in [0.2, 0.25) is 0 Å². The summed E-state index contributed by atoms with van der Waals surface area (Å²) in [5.74, 6) is 0.620. The average molecular weight is 272 g/mol. The van der Waals surface area contributed by atoms with Gasteiger partial charge in [0.1, 0.15) is 11.9 Å². The van der Waals surface area contributed by atoms with Crippen LogP contribution in [0.15, 0.2) is 0 Å². The fourth-order valence-electron chi connectivity index (χ4n) is 1.98. The standard InChI is InChI=1S/C10H16N4O3S/c1-8(17-14(15)16)7-9-11-10(18-12-9)13-5-3-2-4-6-13/h8H,2-7H2,1H3. The summed E-state index contributed by atoms with van der Waals surface area (Å²) in [7, 11) is 0. The number of piperidine rings is 1. The van der Waals surface area contributed by atoms with E-state index in [2.05, 4.69) is 19.1 Å². The third kappa shape index (κ3) is 3.52. The summed E-state index contributed by atoms with van der Waals surface area (Å²) in [6.07, 6.45) is 3.51. The lowest BCUT2D eigenvalue weighted by Gasteiger charge is -2.25. The van der Waals surface area contributed by atoms with E-state index < -0.39 is 11.2 Å². The quantitative estimate of drug-likeness (QED) is 0.599. The highest BCUT2D eigenvalue weighted by atomic mass is 32.1. The second kappa shape index (κ2) is 5.94. The lowest BCUT2D eigenvalue weighted by atomic mass is 10.1. The molecule has 8 heteroatoms. The first-order chi connectivity index (χ1) is 8.65. The molecule has 0 aromatic carbocycles. The molecule has 0 N–H and O–H groups in total. The van der Waals surface area contributed by atoms with E-state index in [1.807, 2.05) is 0 Å². The Morgan fingerprint density at radius 3 is 2.89 bits per heavy atom. The van der Waals surface area contributed by atoms with Crippen molar-refractivity contribution in [3.8, 4) is 0 Å². The summed E-state index contributed by atoms with van der Waals surface area (Å²) >= 11 is 1.36. The molecule has 1 aliphatic heterocycles. The molecule has 0 saturated carbocycles. The lowest BCUT2D eigenvalue weighted by Crippen LogP contribution is -2.29. The predicted octanol–water partition coefficient (Wildman–Crippen LogP) is 1.67. The van der Waals surface area contributed by atoms with Gasteiger partial charge in [0.05, 0.1) is 0 Å². The molecular formula is C10H16N4O3S. The molecule has 2 rings (SSSR count). The minimum atomic E-state index is -0.775. The molecule has 1 aliphatic rings. The van der Waals surface area contributed by atoms with Crippen LogP contribution >= 0.6 is 11.5 Å². The molecule has 18 heavy (non-hydrogen) atoms. The SMILES string of the molecule is CC(Cc1nsc(N2CCCCC2)n1)O[N+](=O)[O-]. The van der Waals surface area contributed by atoms with E-state index in [0.717, 1.165) is 18.2 Å². The molecular weight excluding hydrogens is 256 g/mol. The predicted molar refractivity (Wildman–Crippen MR) is 67.2 cm³/mol. The van der Waals surface area contributed by atoms with Crippen LogP contribution in [0.5, 0.6) is 0 Å². The van der Waals surface area contributed by atoms with Gasteiger partial charge in [0.15, 0.2) is 0 Å². The van der Waals surface area contributed by atoms with E-state index in [0.29, 0.717) is 12.2 Å². The number of aromatic nitrogens is 2. The Hall–Kier alpha value is -1.44. The summed E-state index contributed by atoms with van der Waals surface area (Å²) in [4.78, 5) is 21.3. The fraction of sp³-hybridized carbons (Fsp3) is 0.800. The van der Waals surface area contributed by atoms with Crippen LogP contribution in [0.4, 0.5) is 5.13 Å². The van der Waals surface area contributed by atoms with Crippen LogP contribution in [-0.2, 0) is 11.3 Å². The Kier molecular flexibility index (Phi) is 4.29. The summed E-state index contributed by atoms with van der Waals surface area (Å²) in [5, 5.41) is 10.3. The van der Waals surface area contributed by atoms with Crippen LogP contribution in [-0.4, -0.2) is 33.6 Å². The van der Waals surface area contributed by atoms with Crippen molar-refractivity contribution < 1.29 is 9.92 Å². The minimum absolute atomic E-state index is 0.366. The number of hydrogen-bond acceptors (Lipinski definition) is 7. The highest BCUT2D eigenvalue weighted by Crippen LogP contribution is 2.22. The zero-order valence-electron chi connectivity index (χ0n) is 10.2. The number of hydrogen-bond donors (Lipinski definition) is 0. The maximum absolute atomic E-state index is 10.2. The van der Waals surface area contributed by atoms with E-state index in [1.54, 1.807) is 6.92 Å². The fourth-order valence-corrected chi connectivity index (χ4v) is 2.73. The van der Waals surface area contributed by atoms with Crippen molar-refractivity contribution in [1.82, 2.24) is 9.36 Å². The van der Waals surface area contributed by atoms with Gasteiger partial charge >= 0.3 is 0 Å². The normalized spacial score (nSPS) is 17.5. The summed E-state index contributed by atoms with van der Waals surface area (Å²) < 4.78 is 4.22. The molecule has 0 spiro atoms. The van der Waals surface area contributed by atoms with E-state index in [1.165, 1.54) is 30.8 Å². The van der Waals surface area contributed by atoms with Gasteiger partial charge in [-0.05, 0) is 26.2 Å². The summed E-state index contributed by atoms with van der Waals surface area (Å²) in [6, 6.07) is 0. The Balaban J connectivity index is 1.91. The van der Waals surface area contributed by atoms with Gasteiger partial charge < -0.3 is 9.74 Å². The van der Waals surface area contributed by atoms with E-state index >= 15 is 0 Å². The molecule has 0 bridgehead atoms. The lowest BCUT2D eigenvalue weighted by molar-refractivity contribution is -0.767. The van der Waals surface area contributed by atoms with Crippen molar-refractivity contribution in [2.75, 3.05) is 18.0 Å². The first kappa shape index (κ1) is 13.0. The van der Waals surface area contributed by atoms with Crippen LogP contribution in [0.3, 0.4) is 0 Å². The highest BCUT2D eigenvalue weighted by Gasteiger charge is 2.17. The van der Waals surface area contributed by atoms with Crippen LogP contribution in [0, 0.1) is 10.1 Å². The first-order valence-electron chi connectivity index (χ1n) is 6.04. The molecule has 1 unspecified atom stereocenters. The van der Waals surface area contributed by atoms with Gasteiger partial charge in [-0.3, -0.25) is 0 Å². The molecule has 0 radical (unpaired) electrons. The van der Waals surface area contributed by atoms with E-state index in [-0.39, 0.29) is 0 Å². The average Bonchev–Trinajstić information content (AvgIpc) is 2.77. The van der Waals surface area contributed by atoms with Crippen LogP contribution < -0.4 is 4.90 Å². The molecule has 1 aromatic heterocycles. The Morgan fingerprint density at radius 2 is 2.22 bits per heavy atom. The topological polar surface area (TPSA) is 81.4 Å². The van der Waals surface area contributed by atoms with Gasteiger partial charge in [-0.2, -0.15) is 4.37 Å². The summed E-state index contributed by atoms with van der Waals surface area (Å²) in [5.41, 5.74) is 0. The Morgan fingerprint density at radius 1 is 1.50 bits per heavy atom. The third-order valence-corrected chi connectivity index (χ3v) is 3.63. The van der Waals surface area contributed by atoms with Gasteiger partial charge in [-0.25, -0.2) is 4.98 Å². The zero-order valence-corrected chi connectivity index (χ0v) is 11.1. The van der Waals surface area contributed by atoms with E-state index in [9.17, 15) is 10.1 Å². The Labute approximate surface area is 109 Å². The van der Waals surface area contributed by atoms with Crippen molar-refractivity contribution in [2.24, 2.45) is 0 Å². The largest absolute Gasteiger partial charge is 0.347 e. The molecule has 1 aromatic rings.